The first-order valence-corrected chi connectivity index (χ1v) is 6.16. The number of hydrogen-bond acceptors (Lipinski definition) is 6. The average molecular weight is 269 g/mol. The Balaban J connectivity index is 2.08. The molecule has 106 valence electrons. The maximum atomic E-state index is 9.86. The van der Waals surface area contributed by atoms with Crippen molar-refractivity contribution in [1.82, 2.24) is 0 Å². The van der Waals surface area contributed by atoms with E-state index in [4.69, 9.17) is 9.84 Å². The van der Waals surface area contributed by atoms with Crippen molar-refractivity contribution < 1.29 is 25.2 Å². The lowest BCUT2D eigenvalue weighted by Gasteiger charge is -2.40. The first kappa shape index (κ1) is 14.2. The zero-order valence-corrected chi connectivity index (χ0v) is 10.6. The summed E-state index contributed by atoms with van der Waals surface area (Å²) < 4.78 is 5.34. The third-order valence-corrected chi connectivity index (χ3v) is 3.25. The summed E-state index contributed by atoms with van der Waals surface area (Å²) in [4.78, 5) is 0. The molecule has 0 aliphatic carbocycles. The number of aliphatic hydroxyl groups is 4. The molecule has 1 saturated heterocycles. The number of hydrogen-bond donors (Lipinski definition) is 5. The van der Waals surface area contributed by atoms with Crippen molar-refractivity contribution in [3.05, 3.63) is 29.8 Å². The molecule has 0 bridgehead atoms. The lowest BCUT2D eigenvalue weighted by molar-refractivity contribution is -0.221. The van der Waals surface area contributed by atoms with Gasteiger partial charge >= 0.3 is 0 Å². The van der Waals surface area contributed by atoms with Crippen LogP contribution in [0.1, 0.15) is 5.56 Å². The van der Waals surface area contributed by atoms with E-state index in [0.29, 0.717) is 0 Å². The molecule has 1 aromatic carbocycles. The normalized spacial score (nSPS) is 35.1. The predicted octanol–water partition coefficient (Wildman–Crippen LogP) is -0.793. The van der Waals surface area contributed by atoms with Crippen molar-refractivity contribution in [2.24, 2.45) is 0 Å². The van der Waals surface area contributed by atoms with E-state index in [0.717, 1.165) is 11.3 Å². The molecule has 2 rings (SSSR count). The van der Waals surface area contributed by atoms with Gasteiger partial charge in [0, 0.05) is 5.69 Å². The molecule has 1 heterocycles. The molecule has 19 heavy (non-hydrogen) atoms. The zero-order valence-electron chi connectivity index (χ0n) is 10.6. The van der Waals surface area contributed by atoms with Gasteiger partial charge in [-0.2, -0.15) is 0 Å². The van der Waals surface area contributed by atoms with E-state index in [-0.39, 0.29) is 0 Å². The summed E-state index contributed by atoms with van der Waals surface area (Å²) >= 11 is 0. The van der Waals surface area contributed by atoms with Crippen molar-refractivity contribution in [1.29, 1.82) is 0 Å². The third kappa shape index (κ3) is 3.05. The van der Waals surface area contributed by atoms with Crippen molar-refractivity contribution >= 4 is 5.69 Å². The van der Waals surface area contributed by atoms with Gasteiger partial charge in [-0.1, -0.05) is 17.7 Å². The molecule has 0 aromatic heterocycles. The molecule has 5 atom stereocenters. The maximum Gasteiger partial charge on any atom is 0.157 e. The van der Waals surface area contributed by atoms with Crippen LogP contribution in [0.4, 0.5) is 5.69 Å². The summed E-state index contributed by atoms with van der Waals surface area (Å²) in [6.45, 7) is 1.52. The summed E-state index contributed by atoms with van der Waals surface area (Å²) in [6, 6.07) is 7.42. The Morgan fingerprint density at radius 3 is 2.26 bits per heavy atom. The number of rotatable bonds is 3. The molecule has 0 unspecified atom stereocenters. The van der Waals surface area contributed by atoms with Crippen LogP contribution in [0.5, 0.6) is 0 Å². The van der Waals surface area contributed by atoms with Crippen molar-refractivity contribution in [3.8, 4) is 0 Å². The predicted molar refractivity (Wildman–Crippen MR) is 68.6 cm³/mol. The molecule has 0 radical (unpaired) electrons. The summed E-state index contributed by atoms with van der Waals surface area (Å²) in [5.74, 6) is 0. The molecule has 1 aliphatic heterocycles. The van der Waals surface area contributed by atoms with Gasteiger partial charge in [0.05, 0.1) is 6.61 Å². The van der Waals surface area contributed by atoms with Gasteiger partial charge in [-0.25, -0.2) is 0 Å². The summed E-state index contributed by atoms with van der Waals surface area (Å²) in [5, 5.41) is 41.2. The summed E-state index contributed by atoms with van der Waals surface area (Å²) in [5.41, 5.74) is 1.81. The minimum Gasteiger partial charge on any atom is -0.394 e. The van der Waals surface area contributed by atoms with Gasteiger partial charge in [0.15, 0.2) is 6.23 Å². The number of aryl methyl sites for hydroxylation is 1. The largest absolute Gasteiger partial charge is 0.394 e. The quantitative estimate of drug-likeness (QED) is 0.493. The summed E-state index contributed by atoms with van der Waals surface area (Å²) in [6.07, 6.45) is -5.77. The molecule has 1 fully saturated rings. The third-order valence-electron chi connectivity index (χ3n) is 3.25. The molecule has 0 spiro atoms. The highest BCUT2D eigenvalue weighted by molar-refractivity contribution is 5.45. The maximum absolute atomic E-state index is 9.86. The van der Waals surface area contributed by atoms with Crippen LogP contribution in [0.3, 0.4) is 0 Å². The molecular formula is C13H19NO5. The van der Waals surface area contributed by atoms with Crippen molar-refractivity contribution in [3.63, 3.8) is 0 Å². The molecule has 6 nitrogen and oxygen atoms in total. The van der Waals surface area contributed by atoms with Crippen LogP contribution >= 0.6 is 0 Å². The Labute approximate surface area is 111 Å². The first-order valence-electron chi connectivity index (χ1n) is 6.16. The van der Waals surface area contributed by atoms with E-state index in [1.54, 1.807) is 0 Å². The van der Waals surface area contributed by atoms with Crippen molar-refractivity contribution in [2.45, 2.75) is 37.6 Å². The van der Waals surface area contributed by atoms with E-state index >= 15 is 0 Å². The van der Waals surface area contributed by atoms with Crippen molar-refractivity contribution in [2.75, 3.05) is 11.9 Å². The molecule has 1 aromatic rings. The Bertz CT molecular complexity index is 408. The fourth-order valence-electron chi connectivity index (χ4n) is 2.03. The SMILES string of the molecule is Cc1ccc(N[C@@H]2O[C@H](CO)[C@@H](O)[C@@H](O)[C@@H]2O)cc1. The molecule has 6 heteroatoms. The van der Waals surface area contributed by atoms with E-state index in [9.17, 15) is 15.3 Å². The Kier molecular flexibility index (Phi) is 4.38. The highest BCUT2D eigenvalue weighted by Crippen LogP contribution is 2.22. The van der Waals surface area contributed by atoms with Crippen LogP contribution in [0.15, 0.2) is 24.3 Å². The van der Waals surface area contributed by atoms with Gasteiger partial charge in [-0.15, -0.1) is 0 Å². The average Bonchev–Trinajstić information content (AvgIpc) is 2.42. The van der Waals surface area contributed by atoms with Gasteiger partial charge in [-0.05, 0) is 19.1 Å². The van der Waals surface area contributed by atoms with Gasteiger partial charge in [-0.3, -0.25) is 0 Å². The Morgan fingerprint density at radius 1 is 1.05 bits per heavy atom. The number of aliphatic hydroxyl groups excluding tert-OH is 4. The second-order valence-corrected chi connectivity index (χ2v) is 4.76. The minimum atomic E-state index is -1.37. The van der Waals surface area contributed by atoms with Crippen LogP contribution in [-0.4, -0.2) is 57.7 Å². The molecule has 1 aliphatic rings. The lowest BCUT2D eigenvalue weighted by atomic mass is 9.98. The van der Waals surface area contributed by atoms with Crippen LogP contribution in [0.2, 0.25) is 0 Å². The minimum absolute atomic E-state index is 0.434. The molecule has 0 amide bonds. The molecule has 0 saturated carbocycles. The number of ether oxygens (including phenoxy) is 1. The number of benzene rings is 1. The Morgan fingerprint density at radius 2 is 1.68 bits per heavy atom. The van der Waals surface area contributed by atoms with Crippen LogP contribution in [-0.2, 0) is 4.74 Å². The Hall–Kier alpha value is -1.18. The van der Waals surface area contributed by atoms with E-state index in [1.807, 2.05) is 31.2 Å². The van der Waals surface area contributed by atoms with Gasteiger partial charge < -0.3 is 30.5 Å². The van der Waals surface area contributed by atoms with Crippen LogP contribution in [0, 0.1) is 6.92 Å². The first-order chi connectivity index (χ1) is 9.02. The fourth-order valence-corrected chi connectivity index (χ4v) is 2.03. The smallest absolute Gasteiger partial charge is 0.157 e. The number of nitrogens with one attached hydrogen (secondary N) is 1. The van der Waals surface area contributed by atoms with Crippen LogP contribution in [0.25, 0.3) is 0 Å². The monoisotopic (exact) mass is 269 g/mol. The van der Waals surface area contributed by atoms with Gasteiger partial charge in [0.1, 0.15) is 24.4 Å². The standard InChI is InChI=1S/C13H19NO5/c1-7-2-4-8(5-3-7)14-13-12(18)11(17)10(16)9(6-15)19-13/h2-5,9-18H,6H2,1H3/t9-,10-,11-,12+,13-/m1/s1. The summed E-state index contributed by atoms with van der Waals surface area (Å²) in [7, 11) is 0. The molecule has 5 N–H and O–H groups in total. The zero-order chi connectivity index (χ0) is 14.0. The lowest BCUT2D eigenvalue weighted by Crippen LogP contribution is -2.60. The van der Waals surface area contributed by atoms with Gasteiger partial charge in [0.2, 0.25) is 0 Å². The molecular weight excluding hydrogens is 250 g/mol. The van der Waals surface area contributed by atoms with E-state index in [2.05, 4.69) is 5.32 Å². The highest BCUT2D eigenvalue weighted by atomic mass is 16.6. The topological polar surface area (TPSA) is 102 Å². The van der Waals surface area contributed by atoms with Crippen LogP contribution < -0.4 is 5.32 Å². The second-order valence-electron chi connectivity index (χ2n) is 4.76. The highest BCUT2D eigenvalue weighted by Gasteiger charge is 2.43. The van der Waals surface area contributed by atoms with E-state index in [1.165, 1.54) is 0 Å². The van der Waals surface area contributed by atoms with E-state index < -0.39 is 37.3 Å². The number of anilines is 1. The van der Waals surface area contributed by atoms with Gasteiger partial charge in [0.25, 0.3) is 0 Å². The second kappa shape index (κ2) is 5.85. The fraction of sp³-hybridized carbons (Fsp3) is 0.538.